The third-order valence-electron chi connectivity index (χ3n) is 4.80. The van der Waals surface area contributed by atoms with E-state index in [1.807, 2.05) is 18.3 Å². The minimum atomic E-state index is -0.515. The molecular weight excluding hydrogens is 322 g/mol. The van der Waals surface area contributed by atoms with Gasteiger partial charge in [0.15, 0.2) is 5.13 Å². The topological polar surface area (TPSA) is 52.7 Å². The summed E-state index contributed by atoms with van der Waals surface area (Å²) in [7, 11) is 0. The molecule has 1 N–H and O–H groups in total. The summed E-state index contributed by atoms with van der Waals surface area (Å²) in [5, 5.41) is 11.5. The van der Waals surface area contributed by atoms with Crippen molar-refractivity contribution in [1.82, 2.24) is 9.88 Å². The number of thiazole rings is 1. The lowest BCUT2D eigenvalue weighted by atomic mass is 10.1. The fourth-order valence-corrected chi connectivity index (χ4v) is 4.50. The summed E-state index contributed by atoms with van der Waals surface area (Å²) in [6.07, 6.45) is 6.18. The molecule has 2 aromatic heterocycles. The summed E-state index contributed by atoms with van der Waals surface area (Å²) in [6, 6.07) is 4.09. The highest BCUT2D eigenvalue weighted by Crippen LogP contribution is 2.31. The molecule has 1 aliphatic heterocycles. The van der Waals surface area contributed by atoms with E-state index in [1.165, 1.54) is 11.3 Å². The van der Waals surface area contributed by atoms with Gasteiger partial charge in [0.1, 0.15) is 11.9 Å². The van der Waals surface area contributed by atoms with Crippen LogP contribution in [0.25, 0.3) is 0 Å². The van der Waals surface area contributed by atoms with E-state index < -0.39 is 6.10 Å². The van der Waals surface area contributed by atoms with Crippen LogP contribution in [0.1, 0.15) is 49.9 Å². The number of aromatic nitrogens is 1. The van der Waals surface area contributed by atoms with Crippen LogP contribution in [0, 0.1) is 0 Å². The van der Waals surface area contributed by atoms with Gasteiger partial charge in [0, 0.05) is 36.8 Å². The summed E-state index contributed by atoms with van der Waals surface area (Å²) in [5.41, 5.74) is 0. The molecule has 2 unspecified atom stereocenters. The van der Waals surface area contributed by atoms with Gasteiger partial charge < -0.3 is 14.4 Å². The molecule has 2 atom stereocenters. The molecule has 2 aromatic rings. The van der Waals surface area contributed by atoms with E-state index in [1.54, 1.807) is 17.6 Å². The Morgan fingerprint density at radius 3 is 3.00 bits per heavy atom. The summed E-state index contributed by atoms with van der Waals surface area (Å²) in [5.74, 6) is 0.670. The largest absolute Gasteiger partial charge is 0.467 e. The first kappa shape index (κ1) is 17.5. The van der Waals surface area contributed by atoms with Gasteiger partial charge in [0.2, 0.25) is 0 Å². The van der Waals surface area contributed by atoms with Gasteiger partial charge in [0.25, 0.3) is 0 Å². The summed E-state index contributed by atoms with van der Waals surface area (Å²) in [6.45, 7) is 8.33. The first-order valence-electron chi connectivity index (χ1n) is 8.86. The van der Waals surface area contributed by atoms with Crippen molar-refractivity contribution < 1.29 is 9.52 Å². The van der Waals surface area contributed by atoms with E-state index in [9.17, 15) is 5.11 Å². The van der Waals surface area contributed by atoms with E-state index >= 15 is 0 Å². The zero-order valence-corrected chi connectivity index (χ0v) is 15.3. The number of furan rings is 1. The van der Waals surface area contributed by atoms with Gasteiger partial charge in [-0.05, 0) is 51.8 Å². The van der Waals surface area contributed by atoms with Crippen molar-refractivity contribution in [3.05, 3.63) is 35.2 Å². The minimum Gasteiger partial charge on any atom is -0.467 e. The van der Waals surface area contributed by atoms with Crippen molar-refractivity contribution >= 4 is 16.5 Å². The summed E-state index contributed by atoms with van der Waals surface area (Å²) < 4.78 is 5.33. The van der Waals surface area contributed by atoms with Crippen molar-refractivity contribution in [1.29, 1.82) is 0 Å². The van der Waals surface area contributed by atoms with Gasteiger partial charge in [-0.15, -0.1) is 11.3 Å². The Morgan fingerprint density at radius 1 is 1.46 bits per heavy atom. The molecule has 0 bridgehead atoms. The third-order valence-corrected chi connectivity index (χ3v) is 5.84. The smallest absolute Gasteiger partial charge is 0.185 e. The molecule has 1 fully saturated rings. The first-order valence-corrected chi connectivity index (χ1v) is 9.68. The number of rotatable bonds is 8. The predicted octanol–water partition coefficient (Wildman–Crippen LogP) is 3.67. The average molecular weight is 350 g/mol. The number of likely N-dealkylation sites (tertiary alicyclic amines) is 1. The summed E-state index contributed by atoms with van der Waals surface area (Å²) in [4.78, 5) is 10.6. The lowest BCUT2D eigenvalue weighted by Gasteiger charge is -2.25. The monoisotopic (exact) mass is 349 g/mol. The van der Waals surface area contributed by atoms with Gasteiger partial charge in [-0.1, -0.05) is 0 Å². The standard InChI is InChI=1S/C18H27N3O2S/c1-3-20(4-2)18-19-12-15(24-18)13-21-9-5-7-14(21)11-16(22)17-8-6-10-23-17/h6,8,10,12,14,16,22H,3-5,7,9,11,13H2,1-2H3. The molecular formula is C18H27N3O2S. The molecule has 24 heavy (non-hydrogen) atoms. The average Bonchev–Trinajstić information content (AvgIpc) is 3.32. The molecule has 1 saturated heterocycles. The second kappa shape index (κ2) is 8.14. The molecule has 6 heteroatoms. The first-order chi connectivity index (χ1) is 11.7. The van der Waals surface area contributed by atoms with Crippen LogP contribution in [0.3, 0.4) is 0 Å². The molecule has 0 amide bonds. The zero-order valence-electron chi connectivity index (χ0n) is 14.5. The predicted molar refractivity (Wildman–Crippen MR) is 97.4 cm³/mol. The maximum atomic E-state index is 10.4. The normalized spacial score (nSPS) is 19.7. The Hall–Kier alpha value is -1.37. The van der Waals surface area contributed by atoms with Gasteiger partial charge in [0.05, 0.1) is 6.26 Å². The van der Waals surface area contributed by atoms with E-state index in [-0.39, 0.29) is 0 Å². The van der Waals surface area contributed by atoms with E-state index in [2.05, 4.69) is 28.6 Å². The number of hydrogen-bond donors (Lipinski definition) is 1. The zero-order chi connectivity index (χ0) is 16.9. The highest BCUT2D eigenvalue weighted by Gasteiger charge is 2.28. The molecule has 3 rings (SSSR count). The number of hydrogen-bond acceptors (Lipinski definition) is 6. The number of nitrogens with zero attached hydrogens (tertiary/aromatic N) is 3. The van der Waals surface area contributed by atoms with Crippen LogP contribution in [0.2, 0.25) is 0 Å². The molecule has 0 saturated carbocycles. The van der Waals surface area contributed by atoms with Crippen LogP contribution in [-0.2, 0) is 6.54 Å². The molecule has 0 radical (unpaired) electrons. The Kier molecular flexibility index (Phi) is 5.92. The molecule has 5 nitrogen and oxygen atoms in total. The van der Waals surface area contributed by atoms with E-state index in [0.717, 1.165) is 44.2 Å². The van der Waals surface area contributed by atoms with Crippen LogP contribution in [-0.4, -0.2) is 40.7 Å². The van der Waals surface area contributed by atoms with Crippen LogP contribution in [0.5, 0.6) is 0 Å². The maximum absolute atomic E-state index is 10.4. The van der Waals surface area contributed by atoms with Crippen molar-refractivity contribution in [2.45, 2.75) is 51.8 Å². The number of anilines is 1. The van der Waals surface area contributed by atoms with Gasteiger partial charge in [-0.3, -0.25) is 4.90 Å². The van der Waals surface area contributed by atoms with Crippen molar-refractivity contribution in [2.75, 3.05) is 24.5 Å². The second-order valence-corrected chi connectivity index (χ2v) is 7.41. The molecule has 0 spiro atoms. The van der Waals surface area contributed by atoms with Crippen LogP contribution in [0.4, 0.5) is 5.13 Å². The quantitative estimate of drug-likeness (QED) is 0.788. The van der Waals surface area contributed by atoms with Crippen LogP contribution < -0.4 is 4.90 Å². The lowest BCUT2D eigenvalue weighted by Crippen LogP contribution is -2.30. The molecule has 3 heterocycles. The van der Waals surface area contributed by atoms with Gasteiger partial charge in [-0.2, -0.15) is 0 Å². The van der Waals surface area contributed by atoms with Crippen LogP contribution in [0.15, 0.2) is 29.0 Å². The fourth-order valence-electron chi connectivity index (χ4n) is 3.44. The van der Waals surface area contributed by atoms with Crippen molar-refractivity contribution in [3.8, 4) is 0 Å². The SMILES string of the molecule is CCN(CC)c1ncc(CN2CCCC2CC(O)c2ccco2)s1. The Morgan fingerprint density at radius 2 is 2.29 bits per heavy atom. The van der Waals surface area contributed by atoms with Crippen LogP contribution >= 0.6 is 11.3 Å². The molecule has 132 valence electrons. The molecule has 1 aliphatic rings. The minimum absolute atomic E-state index is 0.407. The Balaban J connectivity index is 1.60. The molecule has 0 aromatic carbocycles. The molecule has 0 aliphatic carbocycles. The van der Waals surface area contributed by atoms with Crippen molar-refractivity contribution in [3.63, 3.8) is 0 Å². The van der Waals surface area contributed by atoms with E-state index in [0.29, 0.717) is 11.8 Å². The second-order valence-electron chi connectivity index (χ2n) is 6.31. The third kappa shape index (κ3) is 3.99. The van der Waals surface area contributed by atoms with E-state index in [4.69, 9.17) is 4.42 Å². The van der Waals surface area contributed by atoms with Gasteiger partial charge >= 0.3 is 0 Å². The maximum Gasteiger partial charge on any atom is 0.185 e. The number of aliphatic hydroxyl groups is 1. The highest BCUT2D eigenvalue weighted by molar-refractivity contribution is 7.15. The summed E-state index contributed by atoms with van der Waals surface area (Å²) >= 11 is 1.79. The van der Waals surface area contributed by atoms with Crippen molar-refractivity contribution in [2.24, 2.45) is 0 Å². The highest BCUT2D eigenvalue weighted by atomic mass is 32.1. The van der Waals surface area contributed by atoms with Gasteiger partial charge in [-0.25, -0.2) is 4.98 Å². The number of aliphatic hydroxyl groups excluding tert-OH is 1. The lowest BCUT2D eigenvalue weighted by molar-refractivity contribution is 0.0998. The fraction of sp³-hybridized carbons (Fsp3) is 0.611. The Bertz CT molecular complexity index is 610. The Labute approximate surface area is 147 Å².